The number of piperidine rings is 1. The van der Waals surface area contributed by atoms with Crippen molar-refractivity contribution in [2.75, 3.05) is 26.8 Å². The number of nitrogens with one attached hydrogen (secondary N) is 1. The molecule has 1 N–H and O–H groups in total. The monoisotopic (exact) mass is 367 g/mol. The van der Waals surface area contributed by atoms with E-state index in [0.29, 0.717) is 25.9 Å². The molecule has 1 aromatic heterocycles. The molecule has 0 radical (unpaired) electrons. The lowest BCUT2D eigenvalue weighted by molar-refractivity contribution is -0.138. The van der Waals surface area contributed by atoms with Crippen LogP contribution in [0.5, 0.6) is 0 Å². The molecule has 6 nitrogen and oxygen atoms in total. The van der Waals surface area contributed by atoms with Crippen LogP contribution in [-0.4, -0.2) is 48.5 Å². The Bertz CT molecular complexity index is 704. The van der Waals surface area contributed by atoms with Crippen LogP contribution in [0.3, 0.4) is 0 Å². The van der Waals surface area contributed by atoms with Crippen molar-refractivity contribution >= 4 is 11.8 Å². The Kier molecular flexibility index (Phi) is 6.54. The molecule has 1 aliphatic rings. The maximum absolute atomic E-state index is 12.9. The number of likely N-dealkylation sites (tertiary alicyclic amines) is 1. The molecule has 1 saturated heterocycles. The fourth-order valence-electron chi connectivity index (χ4n) is 3.43. The van der Waals surface area contributed by atoms with Gasteiger partial charge in [0.2, 0.25) is 11.8 Å². The number of pyridine rings is 1. The van der Waals surface area contributed by atoms with E-state index in [-0.39, 0.29) is 30.4 Å². The molecule has 2 aromatic rings. The highest BCUT2D eigenvalue weighted by Crippen LogP contribution is 2.24. The number of amides is 2. The number of benzene rings is 1. The van der Waals surface area contributed by atoms with Crippen LogP contribution < -0.4 is 5.32 Å². The molecule has 0 unspecified atom stereocenters. The molecule has 0 spiro atoms. The normalized spacial score (nSPS) is 16.0. The standard InChI is InChI=1S/C21H25N3O3/c1-27-15-19(25)24-13-9-18(10-14-24)21(26)23-20(16-5-3-2-4-6-16)17-7-11-22-12-8-17/h2-8,11-12,18,20H,9-10,13-15H2,1H3,(H,23,26)/t20-/m1/s1. The van der Waals surface area contributed by atoms with Crippen molar-refractivity contribution in [3.05, 3.63) is 66.0 Å². The Morgan fingerprint density at radius 2 is 1.74 bits per heavy atom. The molecule has 2 amide bonds. The molecule has 1 aliphatic heterocycles. The average molecular weight is 367 g/mol. The van der Waals surface area contributed by atoms with Crippen molar-refractivity contribution in [2.45, 2.75) is 18.9 Å². The van der Waals surface area contributed by atoms with E-state index in [0.717, 1.165) is 11.1 Å². The van der Waals surface area contributed by atoms with E-state index < -0.39 is 0 Å². The predicted molar refractivity (Wildman–Crippen MR) is 102 cm³/mol. The largest absolute Gasteiger partial charge is 0.375 e. The summed E-state index contributed by atoms with van der Waals surface area (Å²) in [6.45, 7) is 1.27. The predicted octanol–water partition coefficient (Wildman–Crippen LogP) is 2.17. The molecule has 142 valence electrons. The van der Waals surface area contributed by atoms with Gasteiger partial charge in [-0.15, -0.1) is 0 Å². The van der Waals surface area contributed by atoms with Gasteiger partial charge in [0.1, 0.15) is 6.61 Å². The third-order valence-electron chi connectivity index (χ3n) is 4.95. The van der Waals surface area contributed by atoms with E-state index in [1.54, 1.807) is 17.3 Å². The third-order valence-corrected chi connectivity index (χ3v) is 4.95. The fourth-order valence-corrected chi connectivity index (χ4v) is 3.43. The van der Waals surface area contributed by atoms with Gasteiger partial charge >= 0.3 is 0 Å². The highest BCUT2D eigenvalue weighted by molar-refractivity contribution is 5.81. The Hall–Kier alpha value is -2.73. The molecule has 1 aromatic carbocycles. The Morgan fingerprint density at radius 1 is 1.11 bits per heavy atom. The van der Waals surface area contributed by atoms with Crippen LogP contribution in [0.4, 0.5) is 0 Å². The lowest BCUT2D eigenvalue weighted by atomic mass is 9.93. The summed E-state index contributed by atoms with van der Waals surface area (Å²) in [5.41, 5.74) is 2.03. The number of carbonyl (C=O) groups excluding carboxylic acids is 2. The van der Waals surface area contributed by atoms with Gasteiger partial charge in [0.25, 0.3) is 0 Å². The number of carbonyl (C=O) groups is 2. The van der Waals surface area contributed by atoms with Gasteiger partial charge in [-0.3, -0.25) is 14.6 Å². The van der Waals surface area contributed by atoms with E-state index in [9.17, 15) is 9.59 Å². The number of aromatic nitrogens is 1. The van der Waals surface area contributed by atoms with E-state index in [4.69, 9.17) is 4.74 Å². The number of methoxy groups -OCH3 is 1. The molecule has 27 heavy (non-hydrogen) atoms. The van der Waals surface area contributed by atoms with E-state index in [1.165, 1.54) is 7.11 Å². The number of nitrogens with zero attached hydrogens (tertiary/aromatic N) is 2. The van der Waals surface area contributed by atoms with Crippen molar-refractivity contribution in [1.29, 1.82) is 0 Å². The van der Waals surface area contributed by atoms with Gasteiger partial charge < -0.3 is 15.0 Å². The van der Waals surface area contributed by atoms with Gasteiger partial charge in [-0.1, -0.05) is 30.3 Å². The van der Waals surface area contributed by atoms with E-state index in [2.05, 4.69) is 10.3 Å². The minimum atomic E-state index is -0.213. The molecule has 0 saturated carbocycles. The highest BCUT2D eigenvalue weighted by Gasteiger charge is 2.29. The fraction of sp³-hybridized carbons (Fsp3) is 0.381. The summed E-state index contributed by atoms with van der Waals surface area (Å²) in [7, 11) is 1.51. The quantitative estimate of drug-likeness (QED) is 0.849. The van der Waals surface area contributed by atoms with Crippen LogP contribution in [0.2, 0.25) is 0 Å². The SMILES string of the molecule is COCC(=O)N1CCC(C(=O)N[C@H](c2ccccc2)c2ccncc2)CC1. The molecule has 0 bridgehead atoms. The average Bonchev–Trinajstić information content (AvgIpc) is 2.73. The van der Waals surface area contributed by atoms with Crippen molar-refractivity contribution in [3.8, 4) is 0 Å². The van der Waals surface area contributed by atoms with Crippen LogP contribution >= 0.6 is 0 Å². The summed E-state index contributed by atoms with van der Waals surface area (Å²) < 4.78 is 4.91. The minimum Gasteiger partial charge on any atom is -0.375 e. The highest BCUT2D eigenvalue weighted by atomic mass is 16.5. The van der Waals surface area contributed by atoms with Crippen LogP contribution in [0.25, 0.3) is 0 Å². The van der Waals surface area contributed by atoms with Crippen LogP contribution in [-0.2, 0) is 14.3 Å². The zero-order valence-electron chi connectivity index (χ0n) is 15.5. The molecule has 3 rings (SSSR count). The first kappa shape index (κ1) is 19.0. The Labute approximate surface area is 159 Å². The van der Waals surface area contributed by atoms with E-state index >= 15 is 0 Å². The first-order chi connectivity index (χ1) is 13.2. The first-order valence-corrected chi connectivity index (χ1v) is 9.21. The number of hydrogen-bond acceptors (Lipinski definition) is 4. The second kappa shape index (κ2) is 9.28. The smallest absolute Gasteiger partial charge is 0.248 e. The molecule has 1 atom stereocenters. The summed E-state index contributed by atoms with van der Waals surface area (Å²) in [5.74, 6) is -0.0838. The third kappa shape index (κ3) is 4.92. The van der Waals surface area contributed by atoms with Gasteiger partial charge in [-0.25, -0.2) is 0 Å². The van der Waals surface area contributed by atoms with Gasteiger partial charge in [0.15, 0.2) is 0 Å². The molecule has 1 fully saturated rings. The lowest BCUT2D eigenvalue weighted by Gasteiger charge is -2.32. The van der Waals surface area contributed by atoms with Crippen LogP contribution in [0, 0.1) is 5.92 Å². The topological polar surface area (TPSA) is 71.5 Å². The minimum absolute atomic E-state index is 0.0182. The molecule has 6 heteroatoms. The summed E-state index contributed by atoms with van der Waals surface area (Å²) >= 11 is 0. The first-order valence-electron chi connectivity index (χ1n) is 9.21. The summed E-state index contributed by atoms with van der Waals surface area (Å²) in [6.07, 6.45) is 4.80. The zero-order valence-corrected chi connectivity index (χ0v) is 15.5. The number of rotatable bonds is 6. The zero-order chi connectivity index (χ0) is 19.1. The maximum atomic E-state index is 12.9. The molecule has 0 aliphatic carbocycles. The van der Waals surface area contributed by atoms with Gasteiger partial charge in [-0.05, 0) is 36.1 Å². The summed E-state index contributed by atoms with van der Waals surface area (Å²) in [4.78, 5) is 30.7. The molecular formula is C21H25N3O3. The molecule has 2 heterocycles. The van der Waals surface area contributed by atoms with Crippen LogP contribution in [0.1, 0.15) is 30.0 Å². The van der Waals surface area contributed by atoms with Crippen molar-refractivity contribution in [1.82, 2.24) is 15.2 Å². The van der Waals surface area contributed by atoms with Crippen LogP contribution in [0.15, 0.2) is 54.9 Å². The Morgan fingerprint density at radius 3 is 2.37 bits per heavy atom. The van der Waals surface area contributed by atoms with Gasteiger partial charge in [-0.2, -0.15) is 0 Å². The van der Waals surface area contributed by atoms with Crippen molar-refractivity contribution in [3.63, 3.8) is 0 Å². The summed E-state index contributed by atoms with van der Waals surface area (Å²) in [5, 5.41) is 3.19. The van der Waals surface area contributed by atoms with Gasteiger partial charge in [0.05, 0.1) is 6.04 Å². The second-order valence-corrected chi connectivity index (χ2v) is 6.72. The number of hydrogen-bond donors (Lipinski definition) is 1. The molecular weight excluding hydrogens is 342 g/mol. The van der Waals surface area contributed by atoms with E-state index in [1.807, 2.05) is 42.5 Å². The Balaban J connectivity index is 1.66. The lowest BCUT2D eigenvalue weighted by Crippen LogP contribution is -2.44. The maximum Gasteiger partial charge on any atom is 0.248 e. The second-order valence-electron chi connectivity index (χ2n) is 6.72. The summed E-state index contributed by atoms with van der Waals surface area (Å²) in [6, 6.07) is 13.5. The van der Waals surface area contributed by atoms with Gasteiger partial charge in [0, 0.05) is 38.5 Å². The van der Waals surface area contributed by atoms with Crippen molar-refractivity contribution < 1.29 is 14.3 Å². The number of ether oxygens (including phenoxy) is 1. The van der Waals surface area contributed by atoms with Crippen molar-refractivity contribution in [2.24, 2.45) is 5.92 Å².